The lowest BCUT2D eigenvalue weighted by atomic mass is 10.2. The van der Waals surface area contributed by atoms with Gasteiger partial charge in [-0.25, -0.2) is 8.78 Å². The van der Waals surface area contributed by atoms with Crippen molar-refractivity contribution < 1.29 is 27.1 Å². The van der Waals surface area contributed by atoms with E-state index in [1.807, 2.05) is 0 Å². The Kier molecular flexibility index (Phi) is 5.35. The molecule has 0 unspecified atom stereocenters. The Labute approximate surface area is 114 Å². The molecule has 3 nitrogen and oxygen atoms in total. The van der Waals surface area contributed by atoms with E-state index in [1.54, 1.807) is 31.2 Å². The number of hydrogen-bond donors (Lipinski definition) is 0. The maximum atomic E-state index is 12.8. The Hall–Kier alpha value is -1.79. The third kappa shape index (κ3) is 3.85. The minimum absolute atomic E-state index is 0.0631. The van der Waals surface area contributed by atoms with Gasteiger partial charge in [-0.2, -0.15) is 8.78 Å². The van der Waals surface area contributed by atoms with Crippen LogP contribution in [0.5, 0.6) is 5.75 Å². The van der Waals surface area contributed by atoms with E-state index in [4.69, 9.17) is 4.74 Å². The highest BCUT2D eigenvalue weighted by molar-refractivity contribution is 5.83. The number of para-hydroxylation sites is 1. The number of alkyl halides is 4. The fraction of sp³-hybridized carbons (Fsp3) is 0.462. The third-order valence-electron chi connectivity index (χ3n) is 2.68. The average molecular weight is 293 g/mol. The minimum Gasteiger partial charge on any atom is -0.491 e. The van der Waals surface area contributed by atoms with E-state index >= 15 is 0 Å². The van der Waals surface area contributed by atoms with Crippen molar-refractivity contribution in [1.82, 2.24) is 4.90 Å². The van der Waals surface area contributed by atoms with Gasteiger partial charge in [0, 0.05) is 7.05 Å². The van der Waals surface area contributed by atoms with Crippen molar-refractivity contribution in [1.29, 1.82) is 0 Å². The molecular weight excluding hydrogens is 278 g/mol. The van der Waals surface area contributed by atoms with E-state index in [1.165, 1.54) is 0 Å². The third-order valence-corrected chi connectivity index (χ3v) is 2.68. The van der Waals surface area contributed by atoms with Gasteiger partial charge in [-0.05, 0) is 18.6 Å². The Bertz CT molecular complexity index is 465. The van der Waals surface area contributed by atoms with Gasteiger partial charge in [-0.3, -0.25) is 4.79 Å². The Morgan fingerprint density at radius 3 is 2.50 bits per heavy atom. The molecule has 0 fully saturated rings. The van der Waals surface area contributed by atoms with Crippen LogP contribution in [0.15, 0.2) is 24.3 Å². The van der Waals surface area contributed by atoms with Gasteiger partial charge in [0.1, 0.15) is 12.4 Å². The van der Waals surface area contributed by atoms with Crippen molar-refractivity contribution >= 4 is 5.91 Å². The van der Waals surface area contributed by atoms with Crippen molar-refractivity contribution in [3.63, 3.8) is 0 Å². The van der Waals surface area contributed by atoms with Gasteiger partial charge < -0.3 is 9.64 Å². The number of carbonyl (C=O) groups excluding carboxylic acids is 1. The molecule has 0 bridgehead atoms. The summed E-state index contributed by atoms with van der Waals surface area (Å²) in [6.07, 6.45) is -4.02. The molecule has 0 heterocycles. The number of ether oxygens (including phenoxy) is 1. The summed E-state index contributed by atoms with van der Waals surface area (Å²) in [6.45, 7) is 1.52. The van der Waals surface area contributed by atoms with Crippen molar-refractivity contribution in [2.75, 3.05) is 20.2 Å². The molecule has 0 aromatic heterocycles. The Balaban J connectivity index is 2.50. The first-order valence-corrected chi connectivity index (χ1v) is 5.86. The normalized spacial score (nSPS) is 11.6. The molecule has 0 radical (unpaired) electrons. The lowest BCUT2D eigenvalue weighted by Gasteiger charge is -2.22. The summed E-state index contributed by atoms with van der Waals surface area (Å²) >= 11 is 0. The summed E-state index contributed by atoms with van der Waals surface area (Å²) in [4.78, 5) is 11.7. The number of nitrogens with zero attached hydrogens (tertiary/aromatic N) is 1. The lowest BCUT2D eigenvalue weighted by molar-refractivity contribution is -0.179. The van der Waals surface area contributed by atoms with E-state index < -0.39 is 18.3 Å². The van der Waals surface area contributed by atoms with Crippen molar-refractivity contribution in [3.05, 3.63) is 29.8 Å². The van der Waals surface area contributed by atoms with Crippen molar-refractivity contribution in [3.8, 4) is 5.75 Å². The predicted molar refractivity (Wildman–Crippen MR) is 65.3 cm³/mol. The second-order valence-corrected chi connectivity index (χ2v) is 4.26. The molecule has 0 aliphatic rings. The first-order chi connectivity index (χ1) is 9.26. The maximum absolute atomic E-state index is 12.8. The van der Waals surface area contributed by atoms with Crippen molar-refractivity contribution in [2.24, 2.45) is 0 Å². The lowest BCUT2D eigenvalue weighted by Crippen LogP contribution is -2.47. The molecule has 0 saturated carbocycles. The van der Waals surface area contributed by atoms with Crippen LogP contribution < -0.4 is 4.74 Å². The van der Waals surface area contributed by atoms with E-state index in [2.05, 4.69) is 0 Å². The molecule has 1 amide bonds. The summed E-state index contributed by atoms with van der Waals surface area (Å²) in [5, 5.41) is 0. The van der Waals surface area contributed by atoms with Crippen LogP contribution in [0, 0.1) is 6.92 Å². The Morgan fingerprint density at radius 1 is 1.35 bits per heavy atom. The number of carbonyl (C=O) groups is 1. The number of rotatable bonds is 6. The molecular formula is C13H15F4NO2. The second kappa shape index (κ2) is 6.58. The average Bonchev–Trinajstić information content (AvgIpc) is 2.39. The van der Waals surface area contributed by atoms with Gasteiger partial charge in [0.15, 0.2) is 0 Å². The molecule has 0 N–H and O–H groups in total. The summed E-state index contributed by atoms with van der Waals surface area (Å²) in [6, 6.07) is 7.03. The quantitative estimate of drug-likeness (QED) is 0.755. The van der Waals surface area contributed by atoms with Crippen LogP contribution in [0.2, 0.25) is 0 Å². The first kappa shape index (κ1) is 16.3. The van der Waals surface area contributed by atoms with E-state index in [-0.39, 0.29) is 13.2 Å². The molecule has 0 spiro atoms. The van der Waals surface area contributed by atoms with Crippen molar-refractivity contribution in [2.45, 2.75) is 19.3 Å². The fourth-order valence-corrected chi connectivity index (χ4v) is 1.46. The molecule has 112 valence electrons. The van der Waals surface area contributed by atoms with Gasteiger partial charge >= 0.3 is 12.3 Å². The van der Waals surface area contributed by atoms with Gasteiger partial charge in [0.25, 0.3) is 5.91 Å². The Morgan fingerprint density at radius 2 is 1.95 bits per heavy atom. The number of hydrogen-bond acceptors (Lipinski definition) is 2. The van der Waals surface area contributed by atoms with Crippen LogP contribution >= 0.6 is 0 Å². The number of halogens is 4. The van der Waals surface area contributed by atoms with Crippen LogP contribution in [0.4, 0.5) is 17.6 Å². The second-order valence-electron chi connectivity index (χ2n) is 4.26. The molecule has 0 aliphatic carbocycles. The maximum Gasteiger partial charge on any atom is 0.383 e. The van der Waals surface area contributed by atoms with Gasteiger partial charge in [0.2, 0.25) is 0 Å². The minimum atomic E-state index is -4.67. The monoisotopic (exact) mass is 293 g/mol. The molecule has 1 aromatic rings. The van der Waals surface area contributed by atoms with Crippen LogP contribution in [-0.4, -0.2) is 43.4 Å². The highest BCUT2D eigenvalue weighted by Crippen LogP contribution is 2.25. The van der Waals surface area contributed by atoms with Gasteiger partial charge in [-0.15, -0.1) is 0 Å². The van der Waals surface area contributed by atoms with Gasteiger partial charge in [0.05, 0.1) is 6.54 Å². The van der Waals surface area contributed by atoms with Crippen LogP contribution in [0.1, 0.15) is 5.56 Å². The summed E-state index contributed by atoms with van der Waals surface area (Å²) in [5.41, 5.74) is 0.847. The molecule has 1 rings (SSSR count). The van der Waals surface area contributed by atoms with Crippen LogP contribution in [0.3, 0.4) is 0 Å². The standard InChI is InChI=1S/C13H15F4NO2/c1-9-5-3-4-6-10(9)20-8-7-18(2)12(19)13(16,17)11(14)15/h3-6,11H,7-8H2,1-2H3. The van der Waals surface area contributed by atoms with Gasteiger partial charge in [-0.1, -0.05) is 18.2 Å². The zero-order valence-electron chi connectivity index (χ0n) is 11.1. The van der Waals surface area contributed by atoms with E-state index in [0.717, 1.165) is 12.6 Å². The molecule has 0 atom stereocenters. The van der Waals surface area contributed by atoms with E-state index in [0.29, 0.717) is 10.6 Å². The summed E-state index contributed by atoms with van der Waals surface area (Å²) in [7, 11) is 1.03. The highest BCUT2D eigenvalue weighted by Gasteiger charge is 2.50. The summed E-state index contributed by atoms with van der Waals surface area (Å²) < 4.78 is 55.0. The molecule has 20 heavy (non-hydrogen) atoms. The topological polar surface area (TPSA) is 29.5 Å². The highest BCUT2D eigenvalue weighted by atomic mass is 19.3. The largest absolute Gasteiger partial charge is 0.491 e. The molecule has 7 heteroatoms. The fourth-order valence-electron chi connectivity index (χ4n) is 1.46. The predicted octanol–water partition coefficient (Wildman–Crippen LogP) is 2.73. The smallest absolute Gasteiger partial charge is 0.383 e. The zero-order chi connectivity index (χ0) is 15.3. The summed E-state index contributed by atoms with van der Waals surface area (Å²) in [5.74, 6) is -6.04. The number of aryl methyl sites for hydroxylation is 1. The first-order valence-electron chi connectivity index (χ1n) is 5.86. The number of benzene rings is 1. The SMILES string of the molecule is Cc1ccccc1OCCN(C)C(=O)C(F)(F)C(F)F. The molecule has 0 saturated heterocycles. The molecule has 0 aliphatic heterocycles. The van der Waals surface area contributed by atoms with E-state index in [9.17, 15) is 22.4 Å². The number of likely N-dealkylation sites (N-methyl/N-ethyl adjacent to an activating group) is 1. The van der Waals surface area contributed by atoms with Crippen LogP contribution in [-0.2, 0) is 4.79 Å². The van der Waals surface area contributed by atoms with Crippen LogP contribution in [0.25, 0.3) is 0 Å². The zero-order valence-corrected chi connectivity index (χ0v) is 11.1. The molecule has 1 aromatic carbocycles. The number of amides is 1.